The van der Waals surface area contributed by atoms with Gasteiger partial charge in [0, 0.05) is 23.0 Å². The fourth-order valence-electron chi connectivity index (χ4n) is 2.45. The van der Waals surface area contributed by atoms with Crippen molar-refractivity contribution in [2.45, 2.75) is 6.42 Å². The highest BCUT2D eigenvalue weighted by Crippen LogP contribution is 2.28. The van der Waals surface area contributed by atoms with E-state index < -0.39 is 36.0 Å². The average molecular weight is 417 g/mol. The summed E-state index contributed by atoms with van der Waals surface area (Å²) in [5.74, 6) is -3.71. The molecular weight excluding hydrogens is 404 g/mol. The molecule has 3 aromatic rings. The van der Waals surface area contributed by atoms with Crippen LogP contribution in [0, 0.1) is 11.6 Å². The number of nitrogens with zero attached hydrogens (tertiary/aromatic N) is 3. The predicted octanol–water partition coefficient (Wildman–Crippen LogP) is 2.20. The summed E-state index contributed by atoms with van der Waals surface area (Å²) in [5, 5.41) is 29.1. The summed E-state index contributed by atoms with van der Waals surface area (Å²) in [6, 6.07) is 5.91. The standard InChI is InChI=1S/C17H13F2N7O4/c18-8-3-9(19)5-11(4-8)21-17(30)22-13-2-1-10(20-14(27)7-15(28)29)6-12(13)16-23-25-26-24-16/h1-6H,7H2,(H,20,27)(H,28,29)(H2,21,22,30)(H,23,24,25,26). The Hall–Kier alpha value is -4.42. The molecule has 0 spiro atoms. The maximum atomic E-state index is 13.3. The fourth-order valence-corrected chi connectivity index (χ4v) is 2.45. The van der Waals surface area contributed by atoms with Crippen molar-refractivity contribution < 1.29 is 28.3 Å². The van der Waals surface area contributed by atoms with E-state index >= 15 is 0 Å². The first kappa shape index (κ1) is 20.3. The zero-order valence-electron chi connectivity index (χ0n) is 14.9. The number of carbonyl (C=O) groups excluding carboxylic acids is 2. The quantitative estimate of drug-likeness (QED) is 0.384. The molecule has 0 aliphatic heterocycles. The van der Waals surface area contributed by atoms with Crippen LogP contribution in [0.25, 0.3) is 11.4 Å². The molecule has 3 amide bonds. The van der Waals surface area contributed by atoms with Crippen molar-refractivity contribution >= 4 is 35.0 Å². The topological polar surface area (TPSA) is 162 Å². The Morgan fingerprint density at radius 3 is 2.33 bits per heavy atom. The van der Waals surface area contributed by atoms with Gasteiger partial charge in [0.2, 0.25) is 11.7 Å². The number of carboxylic acid groups (broad SMARTS) is 1. The summed E-state index contributed by atoms with van der Waals surface area (Å²) < 4.78 is 26.5. The molecule has 1 aromatic heterocycles. The number of halogens is 2. The Bertz CT molecular complexity index is 1090. The third-order valence-electron chi connectivity index (χ3n) is 3.57. The first-order valence-electron chi connectivity index (χ1n) is 8.24. The number of tetrazole rings is 1. The summed E-state index contributed by atoms with van der Waals surface area (Å²) in [5.41, 5.74) is 0.530. The van der Waals surface area contributed by atoms with Crippen LogP contribution in [0.5, 0.6) is 0 Å². The number of carbonyl (C=O) groups is 3. The lowest BCUT2D eigenvalue weighted by Gasteiger charge is -2.12. The van der Waals surface area contributed by atoms with E-state index in [-0.39, 0.29) is 28.5 Å². The molecular formula is C17H13F2N7O4. The number of urea groups is 1. The normalized spacial score (nSPS) is 10.3. The van der Waals surface area contributed by atoms with Crippen LogP contribution in [0.3, 0.4) is 0 Å². The lowest BCUT2D eigenvalue weighted by atomic mass is 10.1. The molecule has 0 radical (unpaired) electrons. The number of rotatable bonds is 6. The van der Waals surface area contributed by atoms with Gasteiger partial charge in [-0.1, -0.05) is 0 Å². The number of aromatic amines is 1. The van der Waals surface area contributed by atoms with Gasteiger partial charge in [0.15, 0.2) is 0 Å². The van der Waals surface area contributed by atoms with Crippen LogP contribution in [0.4, 0.5) is 30.6 Å². The Balaban J connectivity index is 1.82. The van der Waals surface area contributed by atoms with Crippen LogP contribution in [0.1, 0.15) is 6.42 Å². The molecule has 30 heavy (non-hydrogen) atoms. The number of H-pyrrole nitrogens is 1. The van der Waals surface area contributed by atoms with Crippen LogP contribution >= 0.6 is 0 Å². The third-order valence-corrected chi connectivity index (χ3v) is 3.57. The lowest BCUT2D eigenvalue weighted by Crippen LogP contribution is -2.20. The molecule has 154 valence electrons. The molecule has 13 heteroatoms. The summed E-state index contributed by atoms with van der Waals surface area (Å²) in [6.07, 6.45) is -0.732. The lowest BCUT2D eigenvalue weighted by molar-refractivity contribution is -0.139. The minimum absolute atomic E-state index is 0.0661. The van der Waals surface area contributed by atoms with Crippen LogP contribution in [-0.4, -0.2) is 43.6 Å². The minimum atomic E-state index is -1.30. The van der Waals surface area contributed by atoms with E-state index in [1.165, 1.54) is 18.2 Å². The number of carboxylic acids is 1. The van der Waals surface area contributed by atoms with Gasteiger partial charge in [0.05, 0.1) is 5.69 Å². The average Bonchev–Trinajstić information content (AvgIpc) is 3.15. The highest BCUT2D eigenvalue weighted by atomic mass is 19.1. The van der Waals surface area contributed by atoms with Gasteiger partial charge in [-0.2, -0.15) is 5.21 Å². The maximum Gasteiger partial charge on any atom is 0.323 e. The zero-order chi connectivity index (χ0) is 21.7. The number of amides is 3. The van der Waals surface area contributed by atoms with Crippen LogP contribution in [-0.2, 0) is 9.59 Å². The van der Waals surface area contributed by atoms with Gasteiger partial charge in [-0.05, 0) is 35.5 Å². The van der Waals surface area contributed by atoms with E-state index in [4.69, 9.17) is 5.11 Å². The second kappa shape index (κ2) is 8.72. The number of benzene rings is 2. The first-order valence-corrected chi connectivity index (χ1v) is 8.24. The molecule has 0 bridgehead atoms. The molecule has 0 aliphatic rings. The van der Waals surface area contributed by atoms with Crippen molar-refractivity contribution in [2.24, 2.45) is 0 Å². The van der Waals surface area contributed by atoms with Crippen molar-refractivity contribution in [3.63, 3.8) is 0 Å². The molecule has 1 heterocycles. The Labute approximate surface area is 166 Å². The van der Waals surface area contributed by atoms with Gasteiger partial charge in [0.1, 0.15) is 18.1 Å². The van der Waals surface area contributed by atoms with Crippen molar-refractivity contribution in [3.8, 4) is 11.4 Å². The van der Waals surface area contributed by atoms with E-state index in [2.05, 4.69) is 36.6 Å². The molecule has 0 atom stereocenters. The monoisotopic (exact) mass is 417 g/mol. The number of hydrogen-bond donors (Lipinski definition) is 5. The second-order valence-corrected chi connectivity index (χ2v) is 5.85. The summed E-state index contributed by atoms with van der Waals surface area (Å²) in [7, 11) is 0. The van der Waals surface area contributed by atoms with Crippen molar-refractivity contribution in [1.82, 2.24) is 20.6 Å². The Morgan fingerprint density at radius 2 is 1.70 bits per heavy atom. The second-order valence-electron chi connectivity index (χ2n) is 5.85. The van der Waals surface area contributed by atoms with Gasteiger partial charge in [-0.25, -0.2) is 13.6 Å². The summed E-state index contributed by atoms with van der Waals surface area (Å²) in [6.45, 7) is 0. The zero-order valence-corrected chi connectivity index (χ0v) is 14.9. The van der Waals surface area contributed by atoms with E-state index in [1.807, 2.05) is 0 Å². The minimum Gasteiger partial charge on any atom is -0.481 e. The number of nitrogens with one attached hydrogen (secondary N) is 4. The molecule has 0 unspecified atom stereocenters. The van der Waals surface area contributed by atoms with Gasteiger partial charge >= 0.3 is 12.0 Å². The highest BCUT2D eigenvalue weighted by Gasteiger charge is 2.15. The number of anilines is 3. The maximum absolute atomic E-state index is 13.3. The van der Waals surface area contributed by atoms with Crippen molar-refractivity contribution in [1.29, 1.82) is 0 Å². The van der Waals surface area contributed by atoms with E-state index in [1.54, 1.807) is 0 Å². The van der Waals surface area contributed by atoms with E-state index in [0.29, 0.717) is 6.07 Å². The Morgan fingerprint density at radius 1 is 0.967 bits per heavy atom. The Kier molecular flexibility index (Phi) is 5.91. The van der Waals surface area contributed by atoms with Gasteiger partial charge in [0.25, 0.3) is 0 Å². The highest BCUT2D eigenvalue weighted by molar-refractivity contribution is 6.04. The molecule has 0 fully saturated rings. The van der Waals surface area contributed by atoms with Crippen LogP contribution in [0.2, 0.25) is 0 Å². The predicted molar refractivity (Wildman–Crippen MR) is 99.5 cm³/mol. The summed E-state index contributed by atoms with van der Waals surface area (Å²) in [4.78, 5) is 34.5. The molecule has 0 saturated heterocycles. The van der Waals surface area contributed by atoms with Crippen molar-refractivity contribution in [2.75, 3.05) is 16.0 Å². The fraction of sp³-hybridized carbons (Fsp3) is 0.0588. The van der Waals surface area contributed by atoms with Crippen LogP contribution < -0.4 is 16.0 Å². The third kappa shape index (κ3) is 5.31. The molecule has 2 aromatic carbocycles. The molecule has 0 aliphatic carbocycles. The smallest absolute Gasteiger partial charge is 0.323 e. The van der Waals surface area contributed by atoms with Gasteiger partial charge in [-0.3, -0.25) is 9.59 Å². The van der Waals surface area contributed by atoms with Gasteiger partial charge < -0.3 is 21.1 Å². The SMILES string of the molecule is O=C(O)CC(=O)Nc1ccc(NC(=O)Nc2cc(F)cc(F)c2)c(-c2nn[nH]n2)c1. The molecule has 3 rings (SSSR count). The van der Waals surface area contributed by atoms with Gasteiger partial charge in [-0.15, -0.1) is 10.2 Å². The largest absolute Gasteiger partial charge is 0.481 e. The number of aliphatic carboxylic acids is 1. The molecule has 0 saturated carbocycles. The summed E-state index contributed by atoms with van der Waals surface area (Å²) >= 11 is 0. The number of hydrogen-bond acceptors (Lipinski definition) is 6. The van der Waals surface area contributed by atoms with E-state index in [9.17, 15) is 23.2 Å². The molecule has 5 N–H and O–H groups in total. The number of aromatic nitrogens is 4. The first-order chi connectivity index (χ1) is 14.3. The van der Waals surface area contributed by atoms with Crippen molar-refractivity contribution in [3.05, 3.63) is 48.0 Å². The van der Waals surface area contributed by atoms with Crippen LogP contribution in [0.15, 0.2) is 36.4 Å². The van der Waals surface area contributed by atoms with E-state index in [0.717, 1.165) is 12.1 Å². The molecule has 11 nitrogen and oxygen atoms in total.